The van der Waals surface area contributed by atoms with E-state index in [9.17, 15) is 17.6 Å². The Hall–Kier alpha value is -3.23. The van der Waals surface area contributed by atoms with E-state index in [1.54, 1.807) is 38.1 Å². The highest BCUT2D eigenvalue weighted by Crippen LogP contribution is 2.35. The van der Waals surface area contributed by atoms with E-state index in [1.807, 2.05) is 25.1 Å². The summed E-state index contributed by atoms with van der Waals surface area (Å²) in [4.78, 5) is 11.7. The fraction of sp³-hybridized carbons (Fsp3) is 0.296. The minimum Gasteiger partial charge on any atom is -0.482 e. The van der Waals surface area contributed by atoms with E-state index < -0.39 is 16.0 Å². The lowest BCUT2D eigenvalue weighted by molar-refractivity contribution is -0.145. The molecule has 6 nitrogen and oxygen atoms in total. The van der Waals surface area contributed by atoms with Crippen LogP contribution in [0.3, 0.4) is 0 Å². The van der Waals surface area contributed by atoms with Crippen molar-refractivity contribution in [2.45, 2.75) is 38.1 Å². The van der Waals surface area contributed by atoms with Gasteiger partial charge in [-0.3, -0.25) is 0 Å². The minimum atomic E-state index is -3.76. The zero-order valence-corrected chi connectivity index (χ0v) is 20.8. The maximum absolute atomic E-state index is 13.5. The SMILES string of the molecule is CCOC(=O)COc1ccc(S(=O)(=O)N2Cc3cc(-c4ccc(F)cc4)ccc3C(C)C2)cc1C. The Bertz CT molecular complexity index is 1340. The van der Waals surface area contributed by atoms with E-state index in [0.717, 1.165) is 22.3 Å². The van der Waals surface area contributed by atoms with Gasteiger partial charge < -0.3 is 9.47 Å². The molecule has 3 aromatic carbocycles. The molecule has 0 spiro atoms. The molecule has 0 radical (unpaired) electrons. The number of esters is 1. The number of halogens is 1. The molecule has 1 heterocycles. The summed E-state index contributed by atoms with van der Waals surface area (Å²) < 4.78 is 52.2. The van der Waals surface area contributed by atoms with Gasteiger partial charge in [0.05, 0.1) is 11.5 Å². The van der Waals surface area contributed by atoms with E-state index >= 15 is 0 Å². The molecule has 0 amide bonds. The normalized spacial score (nSPS) is 15.9. The molecule has 1 aliphatic heterocycles. The Morgan fingerprint density at radius 3 is 2.46 bits per heavy atom. The van der Waals surface area contributed by atoms with Crippen molar-refractivity contribution in [3.63, 3.8) is 0 Å². The first-order valence-electron chi connectivity index (χ1n) is 11.5. The molecule has 1 aliphatic rings. The molecule has 4 rings (SSSR count). The van der Waals surface area contributed by atoms with Crippen LogP contribution in [0.1, 0.15) is 36.5 Å². The number of aryl methyl sites for hydroxylation is 1. The van der Waals surface area contributed by atoms with Gasteiger partial charge in [0.2, 0.25) is 10.0 Å². The van der Waals surface area contributed by atoms with Crippen molar-refractivity contribution < 1.29 is 27.1 Å². The fourth-order valence-corrected chi connectivity index (χ4v) is 5.91. The second-order valence-electron chi connectivity index (χ2n) is 8.64. The van der Waals surface area contributed by atoms with E-state index in [1.165, 1.54) is 22.5 Å². The molecule has 8 heteroatoms. The lowest BCUT2D eigenvalue weighted by Crippen LogP contribution is -2.37. The number of rotatable bonds is 7. The maximum atomic E-state index is 13.5. The van der Waals surface area contributed by atoms with Crippen molar-refractivity contribution in [1.29, 1.82) is 0 Å². The van der Waals surface area contributed by atoms with Crippen molar-refractivity contribution in [2.24, 2.45) is 0 Å². The average Bonchev–Trinajstić information content (AvgIpc) is 2.83. The third-order valence-corrected chi connectivity index (χ3v) is 7.92. The predicted molar refractivity (Wildman–Crippen MR) is 131 cm³/mol. The fourth-order valence-electron chi connectivity index (χ4n) is 4.32. The summed E-state index contributed by atoms with van der Waals surface area (Å²) in [7, 11) is -3.76. The second-order valence-corrected chi connectivity index (χ2v) is 10.6. The van der Waals surface area contributed by atoms with Crippen molar-refractivity contribution in [1.82, 2.24) is 4.31 Å². The first-order chi connectivity index (χ1) is 16.7. The molecule has 0 N–H and O–H groups in total. The van der Waals surface area contributed by atoms with Crippen LogP contribution in [-0.4, -0.2) is 38.5 Å². The summed E-state index contributed by atoms with van der Waals surface area (Å²) >= 11 is 0. The summed E-state index contributed by atoms with van der Waals surface area (Å²) in [6.45, 7) is 6.10. The van der Waals surface area contributed by atoms with Crippen LogP contribution in [0.2, 0.25) is 0 Å². The van der Waals surface area contributed by atoms with Gasteiger partial charge >= 0.3 is 5.97 Å². The van der Waals surface area contributed by atoms with Gasteiger partial charge in [0.1, 0.15) is 11.6 Å². The van der Waals surface area contributed by atoms with Crippen LogP contribution in [0.25, 0.3) is 11.1 Å². The number of hydrogen-bond acceptors (Lipinski definition) is 5. The average molecular weight is 498 g/mol. The van der Waals surface area contributed by atoms with Crippen LogP contribution in [-0.2, 0) is 26.1 Å². The molecule has 3 aromatic rings. The molecule has 0 saturated heterocycles. The predicted octanol–water partition coefficient (Wildman–Crippen LogP) is 5.05. The standard InChI is InChI=1S/C27H28FNO5S/c1-4-33-27(30)17-34-26-12-10-24(13-18(26)2)35(31,32)29-15-19(3)25-11-7-21(14-22(25)16-29)20-5-8-23(28)9-6-20/h5-14,19H,4,15-17H2,1-3H3. The number of fused-ring (bicyclic) bond motifs is 1. The van der Waals surface area contributed by atoms with Crippen molar-refractivity contribution in [3.05, 3.63) is 83.2 Å². The molecular formula is C27H28FNO5S. The van der Waals surface area contributed by atoms with Gasteiger partial charge in [0.25, 0.3) is 0 Å². The molecule has 0 aliphatic carbocycles. The smallest absolute Gasteiger partial charge is 0.344 e. The molecular weight excluding hydrogens is 469 g/mol. The highest BCUT2D eigenvalue weighted by atomic mass is 32.2. The van der Waals surface area contributed by atoms with Gasteiger partial charge in [-0.25, -0.2) is 17.6 Å². The number of hydrogen-bond donors (Lipinski definition) is 0. The number of sulfonamides is 1. The molecule has 0 fully saturated rings. The number of benzene rings is 3. The number of nitrogens with zero attached hydrogens (tertiary/aromatic N) is 1. The molecule has 0 saturated carbocycles. The van der Waals surface area contributed by atoms with Crippen molar-refractivity contribution in [3.8, 4) is 16.9 Å². The summed E-state index contributed by atoms with van der Waals surface area (Å²) in [5.74, 6) is -0.336. The van der Waals surface area contributed by atoms with Gasteiger partial charge in [-0.15, -0.1) is 0 Å². The highest BCUT2D eigenvalue weighted by molar-refractivity contribution is 7.89. The summed E-state index contributed by atoms with van der Waals surface area (Å²) in [6.07, 6.45) is 0. The Kier molecular flexibility index (Phi) is 7.23. The van der Waals surface area contributed by atoms with Gasteiger partial charge in [-0.1, -0.05) is 31.2 Å². The number of ether oxygens (including phenoxy) is 2. The molecule has 35 heavy (non-hydrogen) atoms. The number of carbonyl (C=O) groups excluding carboxylic acids is 1. The van der Waals surface area contributed by atoms with Crippen molar-refractivity contribution in [2.75, 3.05) is 19.8 Å². The third-order valence-electron chi connectivity index (χ3n) is 6.11. The van der Waals surface area contributed by atoms with Crippen LogP contribution < -0.4 is 4.74 Å². The Morgan fingerprint density at radius 1 is 1.06 bits per heavy atom. The monoisotopic (exact) mass is 497 g/mol. The summed E-state index contributed by atoms with van der Waals surface area (Å²) in [6, 6.07) is 16.9. The van der Waals surface area contributed by atoms with E-state index in [0.29, 0.717) is 17.9 Å². The van der Waals surface area contributed by atoms with E-state index in [4.69, 9.17) is 9.47 Å². The Balaban J connectivity index is 1.57. The number of carbonyl (C=O) groups is 1. The second kappa shape index (κ2) is 10.2. The minimum absolute atomic E-state index is 0.0177. The topological polar surface area (TPSA) is 72.9 Å². The lowest BCUT2D eigenvalue weighted by atomic mass is 9.89. The van der Waals surface area contributed by atoms with Crippen LogP contribution in [0.5, 0.6) is 5.75 Å². The summed E-state index contributed by atoms with van der Waals surface area (Å²) in [5.41, 5.74) is 4.44. The Labute approximate surface area is 205 Å². The quantitative estimate of drug-likeness (QED) is 0.427. The lowest BCUT2D eigenvalue weighted by Gasteiger charge is -2.32. The molecule has 0 aromatic heterocycles. The van der Waals surface area contributed by atoms with Gasteiger partial charge in [-0.2, -0.15) is 4.31 Å². The van der Waals surface area contributed by atoms with E-state index in [-0.39, 0.29) is 36.4 Å². The third kappa shape index (κ3) is 5.39. The molecule has 1 atom stereocenters. The summed E-state index contributed by atoms with van der Waals surface area (Å²) in [5, 5.41) is 0. The zero-order valence-electron chi connectivity index (χ0n) is 20.0. The first kappa shape index (κ1) is 24.9. The maximum Gasteiger partial charge on any atom is 0.344 e. The molecule has 184 valence electrons. The van der Waals surface area contributed by atoms with Gasteiger partial charge in [0.15, 0.2) is 6.61 Å². The molecule has 0 bridgehead atoms. The van der Waals surface area contributed by atoms with Crippen LogP contribution in [0.15, 0.2) is 65.6 Å². The van der Waals surface area contributed by atoms with Crippen LogP contribution in [0.4, 0.5) is 4.39 Å². The van der Waals surface area contributed by atoms with Crippen LogP contribution >= 0.6 is 0 Å². The van der Waals surface area contributed by atoms with E-state index in [2.05, 4.69) is 0 Å². The highest BCUT2D eigenvalue weighted by Gasteiger charge is 2.32. The molecule has 1 unspecified atom stereocenters. The van der Waals surface area contributed by atoms with Gasteiger partial charge in [0, 0.05) is 13.1 Å². The first-order valence-corrected chi connectivity index (χ1v) is 12.9. The Morgan fingerprint density at radius 2 is 1.77 bits per heavy atom. The van der Waals surface area contributed by atoms with Gasteiger partial charge in [-0.05, 0) is 84.0 Å². The van der Waals surface area contributed by atoms with Crippen LogP contribution in [0, 0.1) is 12.7 Å². The largest absolute Gasteiger partial charge is 0.482 e. The zero-order chi connectivity index (χ0) is 25.2. The van der Waals surface area contributed by atoms with Crippen molar-refractivity contribution >= 4 is 16.0 Å².